The lowest BCUT2D eigenvalue weighted by atomic mass is 10.2. The summed E-state index contributed by atoms with van der Waals surface area (Å²) < 4.78 is 3.82. The lowest BCUT2D eigenvalue weighted by molar-refractivity contribution is 0.557. The zero-order chi connectivity index (χ0) is 17.9. The first kappa shape index (κ1) is 16.8. The normalized spacial score (nSPS) is 11.4. The summed E-state index contributed by atoms with van der Waals surface area (Å²) in [6.45, 7) is 2.82. The van der Waals surface area contributed by atoms with Gasteiger partial charge in [0.1, 0.15) is 5.65 Å². The topological polar surface area (TPSA) is 52.2 Å². The van der Waals surface area contributed by atoms with E-state index in [1.807, 2.05) is 63.8 Å². The monoisotopic (exact) mass is 364 g/mol. The molecule has 1 aromatic carbocycles. The second-order valence-electron chi connectivity index (χ2n) is 6.21. The number of imidazole rings is 1. The molecule has 0 spiro atoms. The van der Waals surface area contributed by atoms with Gasteiger partial charge < -0.3 is 4.40 Å². The molecule has 4 rings (SSSR count). The molecule has 0 saturated heterocycles. The number of rotatable bonds is 6. The van der Waals surface area contributed by atoms with Crippen LogP contribution in [0.2, 0.25) is 0 Å². The summed E-state index contributed by atoms with van der Waals surface area (Å²) in [7, 11) is 0. The number of aromatic nitrogens is 4. The van der Waals surface area contributed by atoms with Gasteiger partial charge in [-0.05, 0) is 30.7 Å². The van der Waals surface area contributed by atoms with Crippen molar-refractivity contribution in [2.24, 2.45) is 0 Å². The number of benzene rings is 1. The Labute approximate surface area is 155 Å². The van der Waals surface area contributed by atoms with E-state index in [1.165, 1.54) is 0 Å². The first-order valence-corrected chi connectivity index (χ1v) is 9.80. The van der Waals surface area contributed by atoms with Gasteiger partial charge in [-0.25, -0.2) is 9.97 Å². The Morgan fingerprint density at radius 2 is 1.92 bits per heavy atom. The van der Waals surface area contributed by atoms with Crippen molar-refractivity contribution in [3.8, 4) is 0 Å². The van der Waals surface area contributed by atoms with Crippen LogP contribution in [-0.2, 0) is 12.3 Å². The summed E-state index contributed by atoms with van der Waals surface area (Å²) >= 11 is 1.57. The summed E-state index contributed by atoms with van der Waals surface area (Å²) in [5.41, 5.74) is 2.70. The van der Waals surface area contributed by atoms with Crippen molar-refractivity contribution in [2.45, 2.75) is 37.2 Å². The fourth-order valence-corrected chi connectivity index (χ4v) is 3.88. The number of unbranched alkanes of at least 4 members (excludes halogenated alkanes) is 1. The molecule has 0 fully saturated rings. The van der Waals surface area contributed by atoms with Crippen LogP contribution < -0.4 is 5.56 Å². The summed E-state index contributed by atoms with van der Waals surface area (Å²) in [6, 6.07) is 13.5. The number of hydrogen-bond donors (Lipinski definition) is 0. The average Bonchev–Trinajstić information content (AvgIpc) is 3.09. The average molecular weight is 364 g/mol. The Kier molecular flexibility index (Phi) is 4.75. The molecule has 0 saturated carbocycles. The molecular weight excluding hydrogens is 344 g/mol. The van der Waals surface area contributed by atoms with Crippen LogP contribution in [0.1, 0.15) is 25.5 Å². The predicted octanol–water partition coefficient (Wildman–Crippen LogP) is 4.14. The first-order valence-electron chi connectivity index (χ1n) is 8.81. The van der Waals surface area contributed by atoms with Gasteiger partial charge in [0.15, 0.2) is 5.16 Å². The number of thioether (sulfide) groups is 1. The van der Waals surface area contributed by atoms with Crippen LogP contribution in [0.3, 0.4) is 0 Å². The van der Waals surface area contributed by atoms with Gasteiger partial charge in [-0.3, -0.25) is 9.36 Å². The van der Waals surface area contributed by atoms with Crippen LogP contribution in [0.15, 0.2) is 64.8 Å². The van der Waals surface area contributed by atoms with Crippen LogP contribution in [0.4, 0.5) is 0 Å². The highest BCUT2D eigenvalue weighted by Crippen LogP contribution is 2.22. The maximum atomic E-state index is 12.9. The largest absolute Gasteiger partial charge is 0.307 e. The SMILES string of the molecule is CCCCn1c(SCc2cn3ccccc3n2)nc2ccccc2c1=O. The van der Waals surface area contributed by atoms with Crippen LogP contribution in [0.25, 0.3) is 16.6 Å². The second-order valence-corrected chi connectivity index (χ2v) is 7.15. The van der Waals surface area contributed by atoms with Crippen molar-refractivity contribution in [1.29, 1.82) is 0 Å². The third-order valence-electron chi connectivity index (χ3n) is 4.32. The molecule has 0 N–H and O–H groups in total. The maximum Gasteiger partial charge on any atom is 0.262 e. The van der Waals surface area contributed by atoms with Crippen LogP contribution >= 0.6 is 11.8 Å². The maximum absolute atomic E-state index is 12.9. The van der Waals surface area contributed by atoms with Gasteiger partial charge >= 0.3 is 0 Å². The molecule has 132 valence electrons. The highest BCUT2D eigenvalue weighted by atomic mass is 32.2. The molecule has 0 bridgehead atoms. The molecule has 4 aromatic rings. The predicted molar refractivity (Wildman–Crippen MR) is 106 cm³/mol. The van der Waals surface area contributed by atoms with E-state index < -0.39 is 0 Å². The van der Waals surface area contributed by atoms with Crippen molar-refractivity contribution in [3.63, 3.8) is 0 Å². The molecule has 3 heterocycles. The summed E-state index contributed by atoms with van der Waals surface area (Å²) in [6.07, 6.45) is 6.01. The zero-order valence-electron chi connectivity index (χ0n) is 14.6. The van der Waals surface area contributed by atoms with E-state index in [-0.39, 0.29) is 5.56 Å². The van der Waals surface area contributed by atoms with Gasteiger partial charge in [-0.2, -0.15) is 0 Å². The number of para-hydroxylation sites is 1. The Balaban J connectivity index is 1.68. The molecule has 0 atom stereocenters. The number of fused-ring (bicyclic) bond motifs is 2. The van der Waals surface area contributed by atoms with E-state index in [9.17, 15) is 4.79 Å². The first-order chi connectivity index (χ1) is 12.8. The minimum absolute atomic E-state index is 0.0431. The standard InChI is InChI=1S/C20H20N4OS/c1-2-3-12-24-19(25)16-8-4-5-9-17(16)22-20(24)26-14-15-13-23-11-7-6-10-18(23)21-15/h4-11,13H,2-3,12,14H2,1H3. The minimum Gasteiger partial charge on any atom is -0.307 e. The smallest absolute Gasteiger partial charge is 0.262 e. The summed E-state index contributed by atoms with van der Waals surface area (Å²) in [5, 5.41) is 1.44. The molecule has 26 heavy (non-hydrogen) atoms. The summed E-state index contributed by atoms with van der Waals surface area (Å²) in [5.74, 6) is 0.679. The molecule has 5 nitrogen and oxygen atoms in total. The van der Waals surface area contributed by atoms with Crippen molar-refractivity contribution in [2.75, 3.05) is 0 Å². The molecule has 0 aliphatic heterocycles. The number of hydrogen-bond acceptors (Lipinski definition) is 4. The molecule has 0 aliphatic rings. The van der Waals surface area contributed by atoms with E-state index >= 15 is 0 Å². The third kappa shape index (κ3) is 3.24. The van der Waals surface area contributed by atoms with Gasteiger partial charge in [-0.15, -0.1) is 0 Å². The molecule has 0 aliphatic carbocycles. The Morgan fingerprint density at radius 3 is 2.77 bits per heavy atom. The van der Waals surface area contributed by atoms with E-state index in [1.54, 1.807) is 11.8 Å². The molecular formula is C20H20N4OS. The Hall–Kier alpha value is -2.60. The Morgan fingerprint density at radius 1 is 1.08 bits per heavy atom. The molecule has 6 heteroatoms. The highest BCUT2D eigenvalue weighted by Gasteiger charge is 2.12. The summed E-state index contributed by atoms with van der Waals surface area (Å²) in [4.78, 5) is 22.3. The van der Waals surface area contributed by atoms with Gasteiger partial charge in [0, 0.05) is 24.7 Å². The fourth-order valence-electron chi connectivity index (χ4n) is 2.97. The molecule has 0 unspecified atom stereocenters. The van der Waals surface area contributed by atoms with Gasteiger partial charge in [0.2, 0.25) is 0 Å². The lowest BCUT2D eigenvalue weighted by Gasteiger charge is -2.12. The van der Waals surface area contributed by atoms with Crippen LogP contribution in [-0.4, -0.2) is 18.9 Å². The lowest BCUT2D eigenvalue weighted by Crippen LogP contribution is -2.23. The van der Waals surface area contributed by atoms with Crippen molar-refractivity contribution in [3.05, 3.63) is 70.9 Å². The van der Waals surface area contributed by atoms with Crippen LogP contribution in [0, 0.1) is 0 Å². The van der Waals surface area contributed by atoms with Crippen molar-refractivity contribution < 1.29 is 0 Å². The van der Waals surface area contributed by atoms with Crippen molar-refractivity contribution >= 4 is 28.3 Å². The fraction of sp³-hybridized carbons (Fsp3) is 0.250. The molecule has 3 aromatic heterocycles. The van der Waals surface area contributed by atoms with Crippen LogP contribution in [0.5, 0.6) is 0 Å². The van der Waals surface area contributed by atoms with E-state index in [4.69, 9.17) is 4.98 Å². The van der Waals surface area contributed by atoms with Crippen molar-refractivity contribution in [1.82, 2.24) is 18.9 Å². The molecule has 0 amide bonds. The van der Waals surface area contributed by atoms with E-state index in [0.717, 1.165) is 34.9 Å². The zero-order valence-corrected chi connectivity index (χ0v) is 15.4. The quantitative estimate of drug-likeness (QED) is 0.381. The number of nitrogens with zero attached hydrogens (tertiary/aromatic N) is 4. The van der Waals surface area contributed by atoms with Gasteiger partial charge in [0.25, 0.3) is 5.56 Å². The van der Waals surface area contributed by atoms with Gasteiger partial charge in [0.05, 0.1) is 16.6 Å². The minimum atomic E-state index is 0.0431. The third-order valence-corrected chi connectivity index (χ3v) is 5.33. The Bertz CT molecular complexity index is 1080. The van der Waals surface area contributed by atoms with E-state index in [2.05, 4.69) is 11.9 Å². The number of pyridine rings is 1. The highest BCUT2D eigenvalue weighted by molar-refractivity contribution is 7.98. The molecule has 0 radical (unpaired) electrons. The second kappa shape index (κ2) is 7.33. The van der Waals surface area contributed by atoms with Gasteiger partial charge in [-0.1, -0.05) is 43.3 Å². The van der Waals surface area contributed by atoms with E-state index in [0.29, 0.717) is 17.7 Å².